The molecule has 3 rings (SSSR count). The first-order valence-corrected chi connectivity index (χ1v) is 9.94. The number of sulfone groups is 1. The maximum atomic E-state index is 12.3. The van der Waals surface area contributed by atoms with Crippen molar-refractivity contribution in [3.63, 3.8) is 0 Å². The van der Waals surface area contributed by atoms with Crippen molar-refractivity contribution in [2.75, 3.05) is 29.1 Å². The summed E-state index contributed by atoms with van der Waals surface area (Å²) in [6.07, 6.45) is 1.49. The maximum Gasteiger partial charge on any atom is 0.257 e. The Morgan fingerprint density at radius 1 is 1.32 bits per heavy atom. The van der Waals surface area contributed by atoms with Crippen molar-refractivity contribution >= 4 is 38.9 Å². The molecule has 1 aliphatic heterocycles. The van der Waals surface area contributed by atoms with Gasteiger partial charge in [-0.15, -0.1) is 0 Å². The molecule has 1 atom stereocenters. The van der Waals surface area contributed by atoms with Crippen LogP contribution in [0.3, 0.4) is 0 Å². The van der Waals surface area contributed by atoms with E-state index in [9.17, 15) is 13.2 Å². The molecular weight excluding hydrogens is 362 g/mol. The van der Waals surface area contributed by atoms with Crippen molar-refractivity contribution in [2.45, 2.75) is 12.2 Å². The van der Waals surface area contributed by atoms with Crippen molar-refractivity contribution in [3.8, 4) is 0 Å². The average molecular weight is 380 g/mol. The van der Waals surface area contributed by atoms with Gasteiger partial charge in [0.05, 0.1) is 16.6 Å². The zero-order valence-corrected chi connectivity index (χ0v) is 15.2. The van der Waals surface area contributed by atoms with Crippen molar-refractivity contribution in [3.05, 3.63) is 53.2 Å². The number of nitrogens with one attached hydrogen (secondary N) is 1. The summed E-state index contributed by atoms with van der Waals surface area (Å²) in [5, 5.41) is 2.88. The number of aromatic nitrogens is 1. The minimum atomic E-state index is -3.01. The summed E-state index contributed by atoms with van der Waals surface area (Å²) in [5.41, 5.74) is 1.03. The molecule has 0 saturated carbocycles. The van der Waals surface area contributed by atoms with E-state index in [4.69, 9.17) is 11.6 Å². The third kappa shape index (κ3) is 4.11. The number of rotatable bonds is 3. The lowest BCUT2D eigenvalue weighted by Gasteiger charge is -2.31. The number of carbonyl (C=O) groups excluding carboxylic acids is 1. The molecule has 8 heteroatoms. The zero-order chi connectivity index (χ0) is 18.0. The van der Waals surface area contributed by atoms with Gasteiger partial charge in [0.1, 0.15) is 5.82 Å². The lowest BCUT2D eigenvalue weighted by Crippen LogP contribution is -2.45. The molecule has 2 heterocycles. The number of pyridine rings is 1. The Morgan fingerprint density at radius 2 is 2.12 bits per heavy atom. The Hall–Kier alpha value is -2.12. The minimum absolute atomic E-state index is 0.118. The molecule has 1 N–H and O–H groups in total. The number of benzene rings is 1. The van der Waals surface area contributed by atoms with Crippen LogP contribution in [-0.4, -0.2) is 43.4 Å². The molecule has 1 fully saturated rings. The van der Waals surface area contributed by atoms with Gasteiger partial charge in [-0.05, 0) is 37.3 Å². The highest BCUT2D eigenvalue weighted by Crippen LogP contribution is 2.20. The number of carbonyl (C=O) groups is 1. The molecule has 0 aliphatic carbocycles. The second kappa shape index (κ2) is 7.01. The van der Waals surface area contributed by atoms with E-state index in [1.165, 1.54) is 6.20 Å². The fraction of sp³-hybridized carbons (Fsp3) is 0.294. The SMILES string of the molecule is CC1CN(c2ccc(C(=O)Nc3cccc(Cl)c3)cn2)CCS1(=O)=O. The van der Waals surface area contributed by atoms with E-state index in [0.29, 0.717) is 35.2 Å². The minimum Gasteiger partial charge on any atom is -0.354 e. The van der Waals surface area contributed by atoms with Crippen LogP contribution in [0.5, 0.6) is 0 Å². The average Bonchev–Trinajstić information content (AvgIpc) is 2.57. The molecule has 1 aliphatic rings. The molecule has 1 aromatic heterocycles. The van der Waals surface area contributed by atoms with Gasteiger partial charge in [0, 0.05) is 30.0 Å². The lowest BCUT2D eigenvalue weighted by atomic mass is 10.2. The van der Waals surface area contributed by atoms with Gasteiger partial charge in [-0.1, -0.05) is 17.7 Å². The van der Waals surface area contributed by atoms with Crippen LogP contribution in [0, 0.1) is 0 Å². The Kier molecular flexibility index (Phi) is 4.96. The Bertz CT molecular complexity index is 884. The van der Waals surface area contributed by atoms with E-state index in [-0.39, 0.29) is 11.7 Å². The van der Waals surface area contributed by atoms with Gasteiger partial charge >= 0.3 is 0 Å². The van der Waals surface area contributed by atoms with Crippen LogP contribution in [0.4, 0.5) is 11.5 Å². The Morgan fingerprint density at radius 3 is 2.76 bits per heavy atom. The lowest BCUT2D eigenvalue weighted by molar-refractivity contribution is 0.102. The predicted octanol–water partition coefficient (Wildman–Crippen LogP) is 2.61. The van der Waals surface area contributed by atoms with Gasteiger partial charge in [0.25, 0.3) is 5.91 Å². The number of anilines is 2. The summed E-state index contributed by atoms with van der Waals surface area (Å²) >= 11 is 5.90. The molecule has 1 saturated heterocycles. The molecule has 0 bridgehead atoms. The quantitative estimate of drug-likeness (QED) is 0.886. The number of amides is 1. The first-order chi connectivity index (χ1) is 11.8. The van der Waals surface area contributed by atoms with Gasteiger partial charge in [-0.2, -0.15) is 0 Å². The summed E-state index contributed by atoms with van der Waals surface area (Å²) in [5.74, 6) is 0.504. The third-order valence-corrected chi connectivity index (χ3v) is 6.51. The van der Waals surface area contributed by atoms with Crippen LogP contribution in [-0.2, 0) is 9.84 Å². The topological polar surface area (TPSA) is 79.4 Å². The predicted molar refractivity (Wildman–Crippen MR) is 99.1 cm³/mol. The van der Waals surface area contributed by atoms with Crippen molar-refractivity contribution in [1.29, 1.82) is 0 Å². The summed E-state index contributed by atoms with van der Waals surface area (Å²) in [6, 6.07) is 10.3. The van der Waals surface area contributed by atoms with Crippen molar-refractivity contribution in [2.24, 2.45) is 0 Å². The zero-order valence-electron chi connectivity index (χ0n) is 13.6. The van der Waals surface area contributed by atoms with E-state index in [1.54, 1.807) is 43.3 Å². The fourth-order valence-electron chi connectivity index (χ4n) is 2.64. The fourth-order valence-corrected chi connectivity index (χ4v) is 4.11. The number of hydrogen-bond donors (Lipinski definition) is 1. The molecule has 0 radical (unpaired) electrons. The van der Waals surface area contributed by atoms with Crippen LogP contribution < -0.4 is 10.2 Å². The highest BCUT2D eigenvalue weighted by molar-refractivity contribution is 7.92. The van der Waals surface area contributed by atoms with E-state index < -0.39 is 15.1 Å². The smallest absolute Gasteiger partial charge is 0.257 e. The third-order valence-electron chi connectivity index (χ3n) is 4.15. The highest BCUT2D eigenvalue weighted by Gasteiger charge is 2.29. The molecule has 132 valence electrons. The van der Waals surface area contributed by atoms with Crippen molar-refractivity contribution < 1.29 is 13.2 Å². The maximum absolute atomic E-state index is 12.3. The van der Waals surface area contributed by atoms with Gasteiger partial charge < -0.3 is 10.2 Å². The summed E-state index contributed by atoms with van der Waals surface area (Å²) in [7, 11) is -3.01. The summed E-state index contributed by atoms with van der Waals surface area (Å²) in [6.45, 7) is 2.52. The normalized spacial score (nSPS) is 19.4. The van der Waals surface area contributed by atoms with Crippen LogP contribution in [0.15, 0.2) is 42.6 Å². The van der Waals surface area contributed by atoms with Gasteiger partial charge in [0.2, 0.25) is 0 Å². The first kappa shape index (κ1) is 17.7. The Balaban J connectivity index is 1.69. The van der Waals surface area contributed by atoms with Crippen LogP contribution >= 0.6 is 11.6 Å². The van der Waals surface area contributed by atoms with Crippen LogP contribution in [0.25, 0.3) is 0 Å². The molecule has 1 unspecified atom stereocenters. The first-order valence-electron chi connectivity index (χ1n) is 7.85. The number of nitrogens with zero attached hydrogens (tertiary/aromatic N) is 2. The Labute approximate surface area is 151 Å². The molecule has 1 aromatic carbocycles. The van der Waals surface area contributed by atoms with Gasteiger partial charge in [0.15, 0.2) is 9.84 Å². The van der Waals surface area contributed by atoms with E-state index in [2.05, 4.69) is 10.3 Å². The van der Waals surface area contributed by atoms with E-state index >= 15 is 0 Å². The summed E-state index contributed by atoms with van der Waals surface area (Å²) < 4.78 is 23.6. The van der Waals surface area contributed by atoms with E-state index in [0.717, 1.165) is 0 Å². The molecular formula is C17H18ClN3O3S. The standard InChI is InChI=1S/C17H18ClN3O3S/c1-12-11-21(7-8-25(12,23)24)16-6-5-13(10-19-16)17(22)20-15-4-2-3-14(18)9-15/h2-6,9-10,12H,7-8,11H2,1H3,(H,20,22). The molecule has 6 nitrogen and oxygen atoms in total. The molecule has 25 heavy (non-hydrogen) atoms. The second-order valence-electron chi connectivity index (χ2n) is 5.99. The van der Waals surface area contributed by atoms with Gasteiger partial charge in [-0.3, -0.25) is 4.79 Å². The molecule has 0 spiro atoms. The highest BCUT2D eigenvalue weighted by atomic mass is 35.5. The second-order valence-corrected chi connectivity index (χ2v) is 8.97. The van der Waals surface area contributed by atoms with Crippen molar-refractivity contribution in [1.82, 2.24) is 4.98 Å². The molecule has 1 amide bonds. The van der Waals surface area contributed by atoms with Crippen LogP contribution in [0.2, 0.25) is 5.02 Å². The monoisotopic (exact) mass is 379 g/mol. The largest absolute Gasteiger partial charge is 0.354 e. The number of hydrogen-bond acceptors (Lipinski definition) is 5. The van der Waals surface area contributed by atoms with E-state index in [1.807, 2.05) is 4.90 Å². The van der Waals surface area contributed by atoms with Crippen LogP contribution in [0.1, 0.15) is 17.3 Å². The number of halogens is 1. The van der Waals surface area contributed by atoms with Gasteiger partial charge in [-0.25, -0.2) is 13.4 Å². The summed E-state index contributed by atoms with van der Waals surface area (Å²) in [4.78, 5) is 18.5. The molecule has 2 aromatic rings.